The standard InChI is InChI=1S/C16H26N2O4S/c1-13(19)14-5-4-8-17(11-14)12-15-6-7-16(22-15)23(20,21)18-9-2-3-10-18/h6-7,13-14,19H,2-5,8-12H2,1H3. The quantitative estimate of drug-likeness (QED) is 0.881. The number of nitrogens with zero attached hydrogens (tertiary/aromatic N) is 2. The number of hydrogen-bond acceptors (Lipinski definition) is 5. The molecule has 7 heteroatoms. The molecule has 0 aromatic carbocycles. The lowest BCUT2D eigenvalue weighted by Gasteiger charge is -2.33. The lowest BCUT2D eigenvalue weighted by atomic mass is 9.93. The van der Waals surface area contributed by atoms with Crippen molar-refractivity contribution in [3.05, 3.63) is 17.9 Å². The fourth-order valence-electron chi connectivity index (χ4n) is 3.49. The van der Waals surface area contributed by atoms with E-state index in [4.69, 9.17) is 4.42 Å². The minimum atomic E-state index is -3.47. The largest absolute Gasteiger partial charge is 0.447 e. The Labute approximate surface area is 138 Å². The van der Waals surface area contributed by atoms with Crippen molar-refractivity contribution < 1.29 is 17.9 Å². The third-order valence-corrected chi connectivity index (χ3v) is 6.67. The second-order valence-electron chi connectivity index (χ2n) is 6.71. The van der Waals surface area contributed by atoms with Gasteiger partial charge in [0.1, 0.15) is 5.76 Å². The summed E-state index contributed by atoms with van der Waals surface area (Å²) in [6, 6.07) is 3.33. The fraction of sp³-hybridized carbons (Fsp3) is 0.750. The van der Waals surface area contributed by atoms with E-state index < -0.39 is 10.0 Å². The first-order valence-electron chi connectivity index (χ1n) is 8.46. The van der Waals surface area contributed by atoms with Crippen LogP contribution in [0.1, 0.15) is 38.4 Å². The van der Waals surface area contributed by atoms with Crippen molar-refractivity contribution in [2.75, 3.05) is 26.2 Å². The predicted molar refractivity (Wildman–Crippen MR) is 86.4 cm³/mol. The minimum Gasteiger partial charge on any atom is -0.447 e. The van der Waals surface area contributed by atoms with E-state index >= 15 is 0 Å². The summed E-state index contributed by atoms with van der Waals surface area (Å²) in [6.07, 6.45) is 3.62. The van der Waals surface area contributed by atoms with Gasteiger partial charge < -0.3 is 9.52 Å². The molecule has 2 atom stereocenters. The summed E-state index contributed by atoms with van der Waals surface area (Å²) < 4.78 is 32.1. The molecular weight excluding hydrogens is 316 g/mol. The molecule has 2 saturated heterocycles. The Morgan fingerprint density at radius 1 is 1.26 bits per heavy atom. The van der Waals surface area contributed by atoms with Gasteiger partial charge in [0.15, 0.2) is 0 Å². The molecule has 1 aromatic rings. The minimum absolute atomic E-state index is 0.0542. The van der Waals surface area contributed by atoms with Crippen LogP contribution in [0, 0.1) is 5.92 Å². The van der Waals surface area contributed by atoms with E-state index in [0.717, 1.165) is 38.8 Å². The monoisotopic (exact) mass is 342 g/mol. The summed E-state index contributed by atoms with van der Waals surface area (Å²) in [7, 11) is -3.47. The Kier molecular flexibility index (Phi) is 5.10. The van der Waals surface area contributed by atoms with Gasteiger partial charge in [-0.05, 0) is 57.2 Å². The SMILES string of the molecule is CC(O)C1CCCN(Cc2ccc(S(=O)(=O)N3CCCC3)o2)C1. The highest BCUT2D eigenvalue weighted by molar-refractivity contribution is 7.89. The van der Waals surface area contributed by atoms with Crippen LogP contribution in [0.15, 0.2) is 21.6 Å². The van der Waals surface area contributed by atoms with Crippen molar-refractivity contribution in [1.82, 2.24) is 9.21 Å². The normalized spacial score (nSPS) is 25.7. The van der Waals surface area contributed by atoms with Crippen LogP contribution in [0.5, 0.6) is 0 Å². The van der Waals surface area contributed by atoms with Crippen molar-refractivity contribution in [2.45, 2.75) is 50.3 Å². The Hall–Kier alpha value is -0.890. The molecule has 130 valence electrons. The first-order valence-corrected chi connectivity index (χ1v) is 9.90. The van der Waals surface area contributed by atoms with Crippen LogP contribution >= 0.6 is 0 Å². The van der Waals surface area contributed by atoms with Crippen molar-refractivity contribution in [3.63, 3.8) is 0 Å². The Balaban J connectivity index is 1.65. The lowest BCUT2D eigenvalue weighted by molar-refractivity contribution is 0.0567. The number of aliphatic hydroxyl groups is 1. The Morgan fingerprint density at radius 2 is 2.00 bits per heavy atom. The molecule has 3 rings (SSSR count). The number of likely N-dealkylation sites (tertiary alicyclic amines) is 1. The molecule has 2 unspecified atom stereocenters. The second kappa shape index (κ2) is 6.93. The maximum absolute atomic E-state index is 12.5. The third-order valence-electron chi connectivity index (χ3n) is 4.90. The molecular formula is C16H26N2O4S. The van der Waals surface area contributed by atoms with E-state index in [1.807, 2.05) is 6.92 Å². The van der Waals surface area contributed by atoms with Crippen LogP contribution < -0.4 is 0 Å². The van der Waals surface area contributed by atoms with Crippen LogP contribution in [-0.2, 0) is 16.6 Å². The molecule has 1 N–H and O–H groups in total. The maximum Gasteiger partial charge on any atom is 0.276 e. The van der Waals surface area contributed by atoms with Crippen LogP contribution in [0.25, 0.3) is 0 Å². The molecule has 6 nitrogen and oxygen atoms in total. The highest BCUT2D eigenvalue weighted by atomic mass is 32.2. The summed E-state index contributed by atoms with van der Waals surface area (Å²) in [5.41, 5.74) is 0. The van der Waals surface area contributed by atoms with E-state index in [1.165, 1.54) is 4.31 Å². The van der Waals surface area contributed by atoms with Crippen LogP contribution in [0.4, 0.5) is 0 Å². The van der Waals surface area contributed by atoms with E-state index in [9.17, 15) is 13.5 Å². The van der Waals surface area contributed by atoms with Crippen molar-refractivity contribution >= 4 is 10.0 Å². The van der Waals surface area contributed by atoms with Gasteiger partial charge in [-0.2, -0.15) is 4.31 Å². The molecule has 23 heavy (non-hydrogen) atoms. The molecule has 3 heterocycles. The van der Waals surface area contributed by atoms with Gasteiger partial charge >= 0.3 is 0 Å². The number of hydrogen-bond donors (Lipinski definition) is 1. The zero-order chi connectivity index (χ0) is 16.4. The molecule has 0 spiro atoms. The topological polar surface area (TPSA) is 74.0 Å². The average Bonchev–Trinajstić information content (AvgIpc) is 3.19. The first-order chi connectivity index (χ1) is 11.0. The van der Waals surface area contributed by atoms with Gasteiger partial charge in [-0.3, -0.25) is 4.90 Å². The van der Waals surface area contributed by atoms with Crippen molar-refractivity contribution in [2.24, 2.45) is 5.92 Å². The first kappa shape index (κ1) is 17.0. The maximum atomic E-state index is 12.5. The third kappa shape index (κ3) is 3.79. The summed E-state index contributed by atoms with van der Waals surface area (Å²) in [6.45, 7) is 5.38. The second-order valence-corrected chi connectivity index (χ2v) is 8.58. The van der Waals surface area contributed by atoms with Crippen LogP contribution in [-0.4, -0.2) is 55.0 Å². The van der Waals surface area contributed by atoms with Gasteiger partial charge in [0.25, 0.3) is 10.0 Å². The molecule has 2 aliphatic heterocycles. The zero-order valence-electron chi connectivity index (χ0n) is 13.6. The van der Waals surface area contributed by atoms with Gasteiger partial charge in [-0.15, -0.1) is 0 Å². The number of sulfonamides is 1. The molecule has 1 aromatic heterocycles. The molecule has 2 fully saturated rings. The Bertz CT molecular complexity index is 620. The smallest absolute Gasteiger partial charge is 0.276 e. The van der Waals surface area contributed by atoms with Crippen LogP contribution in [0.3, 0.4) is 0 Å². The van der Waals surface area contributed by atoms with Gasteiger partial charge in [-0.1, -0.05) is 0 Å². The molecule has 0 aliphatic carbocycles. The molecule has 0 amide bonds. The van der Waals surface area contributed by atoms with Gasteiger partial charge in [-0.25, -0.2) is 8.42 Å². The number of aliphatic hydroxyl groups excluding tert-OH is 1. The van der Waals surface area contributed by atoms with Gasteiger partial charge in [0, 0.05) is 19.6 Å². The Morgan fingerprint density at radius 3 is 2.70 bits per heavy atom. The van der Waals surface area contributed by atoms with E-state index in [1.54, 1.807) is 12.1 Å². The van der Waals surface area contributed by atoms with Crippen molar-refractivity contribution in [3.8, 4) is 0 Å². The number of rotatable bonds is 5. The molecule has 0 radical (unpaired) electrons. The summed E-state index contributed by atoms with van der Waals surface area (Å²) in [5.74, 6) is 0.959. The number of piperidine rings is 1. The molecule has 0 saturated carbocycles. The fourth-order valence-corrected chi connectivity index (χ4v) is 4.93. The molecule has 2 aliphatic rings. The van der Waals surface area contributed by atoms with Gasteiger partial charge in [0.05, 0.1) is 12.6 Å². The van der Waals surface area contributed by atoms with Crippen LogP contribution in [0.2, 0.25) is 0 Å². The lowest BCUT2D eigenvalue weighted by Crippen LogP contribution is -2.38. The highest BCUT2D eigenvalue weighted by Crippen LogP contribution is 2.25. The van der Waals surface area contributed by atoms with Crippen molar-refractivity contribution in [1.29, 1.82) is 0 Å². The predicted octanol–water partition coefficient (Wildman–Crippen LogP) is 1.66. The summed E-state index contributed by atoms with van der Waals surface area (Å²) in [5, 5.41) is 9.81. The van der Waals surface area contributed by atoms with Gasteiger partial charge in [0.2, 0.25) is 5.09 Å². The average molecular weight is 342 g/mol. The summed E-state index contributed by atoms with van der Waals surface area (Å²) >= 11 is 0. The van der Waals surface area contributed by atoms with E-state index in [2.05, 4.69) is 4.90 Å². The van der Waals surface area contributed by atoms with E-state index in [-0.39, 0.29) is 17.1 Å². The van der Waals surface area contributed by atoms with E-state index in [0.29, 0.717) is 25.4 Å². The molecule has 0 bridgehead atoms. The highest BCUT2D eigenvalue weighted by Gasteiger charge is 2.30. The summed E-state index contributed by atoms with van der Waals surface area (Å²) in [4.78, 5) is 2.23. The zero-order valence-corrected chi connectivity index (χ0v) is 14.5. The number of furan rings is 1.